The van der Waals surface area contributed by atoms with Crippen molar-refractivity contribution in [3.8, 4) is 0 Å². The number of carboxylic acid groups (broad SMARTS) is 2. The van der Waals surface area contributed by atoms with Gasteiger partial charge in [0.15, 0.2) is 0 Å². The Morgan fingerprint density at radius 1 is 0.676 bits per heavy atom. The highest BCUT2D eigenvalue weighted by atomic mass is 16.6. The second kappa shape index (κ2) is 8.02. The van der Waals surface area contributed by atoms with Gasteiger partial charge in [-0.2, -0.15) is 0 Å². The van der Waals surface area contributed by atoms with Crippen molar-refractivity contribution in [3.63, 3.8) is 0 Å². The zero-order valence-corrected chi connectivity index (χ0v) is 21.4. The fourth-order valence-corrected chi connectivity index (χ4v) is 5.14. The van der Waals surface area contributed by atoms with Crippen LogP contribution in [-0.4, -0.2) is 79.5 Å². The summed E-state index contributed by atoms with van der Waals surface area (Å²) < 4.78 is 10.5. The van der Waals surface area contributed by atoms with E-state index in [0.717, 1.165) is 12.8 Å². The first-order chi connectivity index (χ1) is 15.3. The van der Waals surface area contributed by atoms with Crippen molar-refractivity contribution in [2.75, 3.05) is 0 Å². The predicted octanol–water partition coefficient (Wildman–Crippen LogP) is 3.72. The maximum absolute atomic E-state index is 12.0. The molecule has 2 N–H and O–H groups in total. The zero-order valence-electron chi connectivity index (χ0n) is 21.4. The molecule has 2 saturated heterocycles. The number of hydrogen-bond acceptors (Lipinski definition) is 6. The van der Waals surface area contributed by atoms with Crippen molar-refractivity contribution in [1.29, 1.82) is 0 Å². The lowest BCUT2D eigenvalue weighted by atomic mass is 10.0. The molecule has 4 aliphatic rings. The Labute approximate surface area is 200 Å². The van der Waals surface area contributed by atoms with Crippen LogP contribution in [0, 0.1) is 10.8 Å². The molecular weight excluding hydrogens is 444 g/mol. The molecule has 6 atom stereocenters. The average molecular weight is 483 g/mol. The van der Waals surface area contributed by atoms with E-state index in [1.807, 2.05) is 13.8 Å². The van der Waals surface area contributed by atoms with Gasteiger partial charge in [0.1, 0.15) is 23.3 Å². The van der Waals surface area contributed by atoms with Gasteiger partial charge in [0.05, 0.1) is 0 Å². The minimum atomic E-state index is -0.940. The number of rotatable bonds is 2. The molecule has 2 amide bonds. The first-order valence-electron chi connectivity index (χ1n) is 11.8. The fourth-order valence-electron chi connectivity index (χ4n) is 5.14. The summed E-state index contributed by atoms with van der Waals surface area (Å²) in [6.07, 6.45) is 1.83. The summed E-state index contributed by atoms with van der Waals surface area (Å²) in [6.45, 7) is 14.7. The summed E-state index contributed by atoms with van der Waals surface area (Å²) in [4.78, 5) is 49.1. The van der Waals surface area contributed by atoms with Gasteiger partial charge in [0.2, 0.25) is 0 Å². The molecule has 4 fully saturated rings. The molecule has 10 nitrogen and oxygen atoms in total. The molecular formula is C24H38N2O8. The van der Waals surface area contributed by atoms with Crippen molar-refractivity contribution in [2.45, 2.75) is 116 Å². The van der Waals surface area contributed by atoms with Crippen LogP contribution >= 0.6 is 0 Å². The van der Waals surface area contributed by atoms with Crippen LogP contribution in [0.5, 0.6) is 0 Å². The molecule has 2 saturated carbocycles. The largest absolute Gasteiger partial charge is 0.480 e. The molecule has 10 heteroatoms. The minimum absolute atomic E-state index is 0.0139. The number of carboxylic acids is 2. The van der Waals surface area contributed by atoms with E-state index in [4.69, 9.17) is 19.7 Å². The van der Waals surface area contributed by atoms with Gasteiger partial charge in [-0.15, -0.1) is 0 Å². The van der Waals surface area contributed by atoms with E-state index >= 15 is 0 Å². The Morgan fingerprint density at radius 3 is 1.21 bits per heavy atom. The molecule has 0 aromatic rings. The molecule has 192 valence electrons. The number of fused-ring (bicyclic) bond motifs is 2. The smallest absolute Gasteiger partial charge is 0.411 e. The van der Waals surface area contributed by atoms with Gasteiger partial charge in [0.25, 0.3) is 0 Å². The highest BCUT2D eigenvalue weighted by Crippen LogP contribution is 2.60. The summed E-state index contributed by atoms with van der Waals surface area (Å²) in [5, 5.41) is 18.3. The predicted molar refractivity (Wildman–Crippen MR) is 121 cm³/mol. The monoisotopic (exact) mass is 482 g/mol. The molecule has 0 spiro atoms. The van der Waals surface area contributed by atoms with Crippen LogP contribution in [0.1, 0.15) is 81.1 Å². The van der Waals surface area contributed by atoms with Crippen LogP contribution in [0.4, 0.5) is 9.59 Å². The Hall–Kier alpha value is -2.52. The number of hydrogen-bond donors (Lipinski definition) is 2. The Bertz CT molecular complexity index is 818. The second-order valence-electron chi connectivity index (χ2n) is 12.6. The summed E-state index contributed by atoms with van der Waals surface area (Å²) in [5.74, 6) is -1.88. The van der Waals surface area contributed by atoms with Crippen molar-refractivity contribution in [2.24, 2.45) is 10.8 Å². The van der Waals surface area contributed by atoms with Crippen LogP contribution in [0.15, 0.2) is 0 Å². The van der Waals surface area contributed by atoms with Crippen LogP contribution in [0.3, 0.4) is 0 Å². The first-order valence-corrected chi connectivity index (χ1v) is 11.8. The molecule has 0 radical (unpaired) electrons. The van der Waals surface area contributed by atoms with E-state index < -0.39 is 47.4 Å². The average Bonchev–Trinajstić information content (AvgIpc) is 3.40. The standard InChI is InChI=1S/2C12H19NO4/c2*1-11(2,3)17-10(16)13-7(9(14)15)5-12(4)6-8(12)13/h2*7-8H,5-6H2,1-4H3,(H,14,15)/t2*7-,8-,12+/m10/s1. The Balaban J connectivity index is 0.000000191. The van der Waals surface area contributed by atoms with E-state index in [1.54, 1.807) is 41.5 Å². The highest BCUT2D eigenvalue weighted by Gasteiger charge is 2.66. The molecule has 0 bridgehead atoms. The SMILES string of the molecule is CC(C)(C)OC(=O)N1[C@@H](C(=O)O)C[C@@]2(C)C[C@@H]12.CC(C)(C)OC(=O)N1[C@H]2C[C@@]2(C)C[C@H]1C(=O)O. The van der Waals surface area contributed by atoms with Gasteiger partial charge in [-0.05, 0) is 78.1 Å². The molecule has 2 aliphatic carbocycles. The number of nitrogens with zero attached hydrogens (tertiary/aromatic N) is 2. The quantitative estimate of drug-likeness (QED) is 0.608. The third-order valence-corrected chi connectivity index (χ3v) is 7.05. The number of carbonyl (C=O) groups excluding carboxylic acids is 2. The van der Waals surface area contributed by atoms with Gasteiger partial charge in [-0.25, -0.2) is 19.2 Å². The maximum atomic E-state index is 12.0. The van der Waals surface area contributed by atoms with E-state index in [2.05, 4.69) is 0 Å². The van der Waals surface area contributed by atoms with Crippen LogP contribution in [0.25, 0.3) is 0 Å². The third-order valence-electron chi connectivity index (χ3n) is 7.05. The van der Waals surface area contributed by atoms with Crippen molar-refractivity contribution in [1.82, 2.24) is 9.80 Å². The third kappa shape index (κ3) is 5.25. The Kier molecular flexibility index (Phi) is 6.15. The molecule has 2 aliphatic heterocycles. The zero-order chi connectivity index (χ0) is 26.0. The van der Waals surface area contributed by atoms with Crippen LogP contribution < -0.4 is 0 Å². The van der Waals surface area contributed by atoms with E-state index in [9.17, 15) is 19.2 Å². The number of aliphatic carboxylic acids is 2. The van der Waals surface area contributed by atoms with Crippen molar-refractivity contribution < 1.29 is 38.9 Å². The molecule has 0 aromatic heterocycles. The molecule has 0 unspecified atom stereocenters. The summed E-state index contributed by atoms with van der Waals surface area (Å²) in [6, 6.07) is -1.38. The van der Waals surface area contributed by atoms with E-state index in [1.165, 1.54) is 9.80 Å². The topological polar surface area (TPSA) is 134 Å². The summed E-state index contributed by atoms with van der Waals surface area (Å²) >= 11 is 0. The van der Waals surface area contributed by atoms with Gasteiger partial charge in [0, 0.05) is 12.1 Å². The fraction of sp³-hybridized carbons (Fsp3) is 0.833. The lowest BCUT2D eigenvalue weighted by molar-refractivity contribution is -0.143. The number of amides is 2. The van der Waals surface area contributed by atoms with Gasteiger partial charge in [-0.3, -0.25) is 9.80 Å². The van der Waals surface area contributed by atoms with Gasteiger partial charge in [-0.1, -0.05) is 13.8 Å². The van der Waals surface area contributed by atoms with Gasteiger partial charge >= 0.3 is 24.1 Å². The number of ether oxygens (including phenoxy) is 2. The van der Waals surface area contributed by atoms with Crippen molar-refractivity contribution >= 4 is 24.1 Å². The molecule has 34 heavy (non-hydrogen) atoms. The summed E-state index contributed by atoms with van der Waals surface area (Å²) in [5.41, 5.74) is -1.21. The number of carbonyl (C=O) groups is 4. The van der Waals surface area contributed by atoms with Crippen LogP contribution in [-0.2, 0) is 19.1 Å². The second-order valence-corrected chi connectivity index (χ2v) is 12.6. The first kappa shape index (κ1) is 26.1. The van der Waals surface area contributed by atoms with E-state index in [0.29, 0.717) is 12.8 Å². The lowest BCUT2D eigenvalue weighted by Crippen LogP contribution is -2.45. The van der Waals surface area contributed by atoms with Crippen LogP contribution in [0.2, 0.25) is 0 Å². The van der Waals surface area contributed by atoms with Gasteiger partial charge < -0.3 is 19.7 Å². The summed E-state index contributed by atoms with van der Waals surface area (Å²) in [7, 11) is 0. The van der Waals surface area contributed by atoms with E-state index in [-0.39, 0.29) is 22.9 Å². The normalized spacial score (nSPS) is 35.4. The lowest BCUT2D eigenvalue weighted by Gasteiger charge is -2.28. The highest BCUT2D eigenvalue weighted by molar-refractivity contribution is 5.83. The minimum Gasteiger partial charge on any atom is -0.480 e. The van der Waals surface area contributed by atoms with Crippen molar-refractivity contribution in [3.05, 3.63) is 0 Å². The number of likely N-dealkylation sites (tertiary alicyclic amines) is 2. The molecule has 4 rings (SSSR count). The maximum Gasteiger partial charge on any atom is 0.411 e. The molecule has 2 heterocycles. The molecule has 0 aromatic carbocycles. The number of piperidine rings is 2. The Morgan fingerprint density at radius 2 is 0.971 bits per heavy atom.